The van der Waals surface area contributed by atoms with Crippen molar-refractivity contribution in [3.05, 3.63) is 64.7 Å². The minimum absolute atomic E-state index is 0.164. The number of nitrogens with zero attached hydrogens (tertiary/aromatic N) is 1. The molecule has 0 radical (unpaired) electrons. The monoisotopic (exact) mass is 581 g/mol. The van der Waals surface area contributed by atoms with Crippen LogP contribution in [0.4, 0.5) is 5.69 Å². The highest BCUT2D eigenvalue weighted by Gasteiger charge is 2.79. The Bertz CT molecular complexity index is 1300. The number of likely N-dealkylation sites (tertiary alicyclic amines) is 1. The summed E-state index contributed by atoms with van der Waals surface area (Å²) in [5.74, 6) is -2.40. The van der Waals surface area contributed by atoms with E-state index >= 15 is 0 Å². The summed E-state index contributed by atoms with van der Waals surface area (Å²) >= 11 is 6.47. The number of aliphatic hydroxyl groups is 1. The van der Waals surface area contributed by atoms with E-state index in [4.69, 9.17) is 16.3 Å². The number of amides is 3. The van der Waals surface area contributed by atoms with Gasteiger partial charge in [0, 0.05) is 6.54 Å². The molecule has 5 rings (SSSR count). The number of para-hydroxylation sites is 1. The van der Waals surface area contributed by atoms with Crippen LogP contribution in [-0.4, -0.2) is 57.6 Å². The van der Waals surface area contributed by atoms with Crippen LogP contribution in [0.3, 0.4) is 0 Å². The molecular weight excluding hydrogens is 542 g/mol. The zero-order chi connectivity index (χ0) is 29.5. The molecule has 6 atom stereocenters. The molecule has 9 heteroatoms. The molecule has 2 aromatic rings. The molecule has 8 nitrogen and oxygen atoms in total. The second-order valence-electron chi connectivity index (χ2n) is 12.2. The molecule has 2 aromatic carbocycles. The SMILES string of the molecule is CC[C@]12CCC3(O1)C(C(=O)Nc1c(C)cccc1Cl)N([C@@H](CO)CC(C)C)C(=O)[C@@H]3[C@H]2C(=O)NCc1ccccc1. The highest BCUT2D eigenvalue weighted by molar-refractivity contribution is 6.34. The largest absolute Gasteiger partial charge is 0.394 e. The number of carbonyl (C=O) groups excluding carboxylic acids is 3. The number of rotatable bonds is 10. The first kappa shape index (κ1) is 29.5. The third kappa shape index (κ3) is 4.94. The molecule has 0 aromatic heterocycles. The van der Waals surface area contributed by atoms with Crippen molar-refractivity contribution < 1.29 is 24.2 Å². The lowest BCUT2D eigenvalue weighted by atomic mass is 9.65. The van der Waals surface area contributed by atoms with E-state index in [1.165, 1.54) is 4.90 Å². The molecular formula is C32H40ClN3O5. The summed E-state index contributed by atoms with van der Waals surface area (Å²) in [7, 11) is 0. The van der Waals surface area contributed by atoms with Crippen molar-refractivity contribution in [1.29, 1.82) is 0 Å². The van der Waals surface area contributed by atoms with Gasteiger partial charge in [-0.3, -0.25) is 14.4 Å². The van der Waals surface area contributed by atoms with E-state index in [1.807, 2.05) is 70.2 Å². The Labute approximate surface area is 246 Å². The topological polar surface area (TPSA) is 108 Å². The Balaban J connectivity index is 1.54. The van der Waals surface area contributed by atoms with Crippen LogP contribution in [0.25, 0.3) is 0 Å². The van der Waals surface area contributed by atoms with E-state index in [2.05, 4.69) is 10.6 Å². The molecule has 3 saturated heterocycles. The van der Waals surface area contributed by atoms with Gasteiger partial charge in [0.1, 0.15) is 11.6 Å². The molecule has 0 aliphatic carbocycles. The number of nitrogens with one attached hydrogen (secondary N) is 2. The van der Waals surface area contributed by atoms with Gasteiger partial charge < -0.3 is 25.4 Å². The first-order valence-corrected chi connectivity index (χ1v) is 15.0. The number of carbonyl (C=O) groups is 3. The molecule has 1 spiro atoms. The maximum Gasteiger partial charge on any atom is 0.250 e. The summed E-state index contributed by atoms with van der Waals surface area (Å²) in [6.07, 6.45) is 2.07. The van der Waals surface area contributed by atoms with Crippen LogP contribution >= 0.6 is 11.6 Å². The third-order valence-electron chi connectivity index (χ3n) is 9.28. The van der Waals surface area contributed by atoms with E-state index in [0.29, 0.717) is 42.9 Å². The summed E-state index contributed by atoms with van der Waals surface area (Å²) in [5.41, 5.74) is 0.181. The Hall–Kier alpha value is -2.94. The van der Waals surface area contributed by atoms with Crippen molar-refractivity contribution in [3.63, 3.8) is 0 Å². The van der Waals surface area contributed by atoms with Crippen LogP contribution in [0.15, 0.2) is 48.5 Å². The van der Waals surface area contributed by atoms with Crippen LogP contribution in [-0.2, 0) is 25.7 Å². The minimum atomic E-state index is -1.19. The normalized spacial score (nSPS) is 29.1. The van der Waals surface area contributed by atoms with Gasteiger partial charge in [-0.2, -0.15) is 0 Å². The maximum atomic E-state index is 14.5. The van der Waals surface area contributed by atoms with Crippen molar-refractivity contribution in [2.45, 2.75) is 83.2 Å². The highest BCUT2D eigenvalue weighted by Crippen LogP contribution is 2.64. The zero-order valence-corrected chi connectivity index (χ0v) is 24.9. The number of benzene rings is 2. The molecule has 220 valence electrons. The Morgan fingerprint density at radius 1 is 1.12 bits per heavy atom. The molecule has 0 saturated carbocycles. The smallest absolute Gasteiger partial charge is 0.250 e. The minimum Gasteiger partial charge on any atom is -0.394 e. The average Bonchev–Trinajstić information content (AvgIpc) is 3.56. The van der Waals surface area contributed by atoms with Gasteiger partial charge in [-0.25, -0.2) is 0 Å². The summed E-state index contributed by atoms with van der Waals surface area (Å²) < 4.78 is 6.84. The fourth-order valence-electron chi connectivity index (χ4n) is 7.44. The Morgan fingerprint density at radius 2 is 1.85 bits per heavy atom. The molecule has 3 N–H and O–H groups in total. The van der Waals surface area contributed by atoms with Gasteiger partial charge in [0.05, 0.1) is 40.8 Å². The van der Waals surface area contributed by atoms with E-state index in [9.17, 15) is 19.5 Å². The van der Waals surface area contributed by atoms with Crippen LogP contribution in [0.2, 0.25) is 5.02 Å². The highest BCUT2D eigenvalue weighted by atomic mass is 35.5. The fourth-order valence-corrected chi connectivity index (χ4v) is 7.71. The summed E-state index contributed by atoms with van der Waals surface area (Å²) in [5, 5.41) is 16.9. The standard InChI is InChI=1S/C32H40ClN3O5/c1-5-31-14-15-32(41-31)25(24(31)28(38)34-17-21-11-7-6-8-12-21)30(40)36(22(18-37)16-19(2)3)27(32)29(39)35-26-20(4)10-9-13-23(26)33/h6-13,19,22,24-25,27,37H,5,14-18H2,1-4H3,(H,34,38)(H,35,39)/t22-,24+,25+,27?,31-,32?/m1/s1. The summed E-state index contributed by atoms with van der Waals surface area (Å²) in [4.78, 5) is 44.1. The van der Waals surface area contributed by atoms with Gasteiger partial charge in [-0.15, -0.1) is 0 Å². The lowest BCUT2D eigenvalue weighted by molar-refractivity contribution is -0.149. The van der Waals surface area contributed by atoms with Crippen molar-refractivity contribution in [3.8, 4) is 0 Å². The molecule has 3 aliphatic rings. The zero-order valence-electron chi connectivity index (χ0n) is 24.2. The van der Waals surface area contributed by atoms with Crippen molar-refractivity contribution >= 4 is 35.0 Å². The summed E-state index contributed by atoms with van der Waals surface area (Å²) in [6.45, 7) is 7.88. The van der Waals surface area contributed by atoms with Gasteiger partial charge in [0.15, 0.2) is 0 Å². The van der Waals surface area contributed by atoms with E-state index in [0.717, 1.165) is 11.1 Å². The maximum absolute atomic E-state index is 14.5. The van der Waals surface area contributed by atoms with Crippen LogP contribution in [0.5, 0.6) is 0 Å². The van der Waals surface area contributed by atoms with Gasteiger partial charge in [0.2, 0.25) is 17.7 Å². The second kappa shape index (κ2) is 11.4. The fraction of sp³-hybridized carbons (Fsp3) is 0.531. The number of aryl methyl sites for hydroxylation is 1. The van der Waals surface area contributed by atoms with Gasteiger partial charge in [-0.05, 0) is 55.7 Å². The first-order chi connectivity index (χ1) is 19.6. The van der Waals surface area contributed by atoms with Crippen LogP contribution in [0.1, 0.15) is 57.6 Å². The number of aliphatic hydroxyl groups excluding tert-OH is 1. The molecule has 41 heavy (non-hydrogen) atoms. The molecule has 3 heterocycles. The number of anilines is 1. The molecule has 2 unspecified atom stereocenters. The van der Waals surface area contributed by atoms with Crippen molar-refractivity contribution in [2.75, 3.05) is 11.9 Å². The molecule has 3 amide bonds. The Morgan fingerprint density at radius 3 is 2.49 bits per heavy atom. The van der Waals surface area contributed by atoms with Crippen LogP contribution in [0, 0.1) is 24.7 Å². The number of halogens is 1. The van der Waals surface area contributed by atoms with Gasteiger partial charge in [-0.1, -0.05) is 74.8 Å². The number of fused-ring (bicyclic) bond motifs is 1. The number of hydrogen-bond acceptors (Lipinski definition) is 5. The van der Waals surface area contributed by atoms with Crippen molar-refractivity contribution in [2.24, 2.45) is 17.8 Å². The number of ether oxygens (including phenoxy) is 1. The average molecular weight is 582 g/mol. The lowest BCUT2D eigenvalue weighted by Crippen LogP contribution is -2.56. The van der Waals surface area contributed by atoms with E-state index in [1.54, 1.807) is 6.07 Å². The van der Waals surface area contributed by atoms with E-state index < -0.39 is 41.0 Å². The molecule has 3 fully saturated rings. The number of hydrogen-bond donors (Lipinski definition) is 3. The van der Waals surface area contributed by atoms with E-state index in [-0.39, 0.29) is 24.3 Å². The molecule has 3 aliphatic heterocycles. The second-order valence-corrected chi connectivity index (χ2v) is 12.6. The van der Waals surface area contributed by atoms with Crippen LogP contribution < -0.4 is 10.6 Å². The van der Waals surface area contributed by atoms with Gasteiger partial charge >= 0.3 is 0 Å². The van der Waals surface area contributed by atoms with Gasteiger partial charge in [0.25, 0.3) is 0 Å². The molecule has 2 bridgehead atoms. The predicted molar refractivity (Wildman–Crippen MR) is 157 cm³/mol. The predicted octanol–water partition coefficient (Wildman–Crippen LogP) is 4.47. The third-order valence-corrected chi connectivity index (χ3v) is 9.59. The Kier molecular flexibility index (Phi) is 8.21. The summed E-state index contributed by atoms with van der Waals surface area (Å²) in [6, 6.07) is 13.4. The first-order valence-electron chi connectivity index (χ1n) is 14.6. The lowest BCUT2D eigenvalue weighted by Gasteiger charge is -2.38. The quantitative estimate of drug-likeness (QED) is 0.384. The van der Waals surface area contributed by atoms with Crippen molar-refractivity contribution in [1.82, 2.24) is 10.2 Å².